The van der Waals surface area contributed by atoms with E-state index in [0.717, 1.165) is 88.3 Å². The highest BCUT2D eigenvalue weighted by molar-refractivity contribution is 5.95. The minimum absolute atomic E-state index is 0.0898. The van der Waals surface area contributed by atoms with E-state index in [1.54, 1.807) is 6.07 Å². The number of aromatic nitrogens is 1. The van der Waals surface area contributed by atoms with Gasteiger partial charge in [0.2, 0.25) is 5.91 Å². The Balaban J connectivity index is 0.00000151. The first kappa shape index (κ1) is 36.8. The van der Waals surface area contributed by atoms with Gasteiger partial charge in [0.1, 0.15) is 0 Å². The summed E-state index contributed by atoms with van der Waals surface area (Å²) in [6.07, 6.45) is 11.7. The number of rotatable bonds is 15. The Morgan fingerprint density at radius 3 is 2.14 bits per heavy atom. The summed E-state index contributed by atoms with van der Waals surface area (Å²) in [5.74, 6) is -0.749. The molecule has 1 aliphatic heterocycles. The van der Waals surface area contributed by atoms with Crippen LogP contribution < -0.4 is 0 Å². The van der Waals surface area contributed by atoms with Crippen molar-refractivity contribution in [1.29, 1.82) is 0 Å². The van der Waals surface area contributed by atoms with Gasteiger partial charge in [-0.3, -0.25) is 4.79 Å². The molecule has 0 spiro atoms. The molecule has 1 amide bonds. The summed E-state index contributed by atoms with van der Waals surface area (Å²) >= 11 is 0. The lowest BCUT2D eigenvalue weighted by molar-refractivity contribution is -0.137. The summed E-state index contributed by atoms with van der Waals surface area (Å²) in [5.41, 5.74) is 3.77. The highest BCUT2D eigenvalue weighted by atomic mass is 16.4. The number of carbonyl (C=O) groups is 2. The summed E-state index contributed by atoms with van der Waals surface area (Å²) in [7, 11) is 2.21. The monoisotopic (exact) mass is 597 g/mol. The maximum atomic E-state index is 14.1. The molecule has 1 unspecified atom stereocenters. The molecule has 1 aromatic heterocycles. The number of carbonyl (C=O) groups excluding carboxylic acids is 1. The van der Waals surface area contributed by atoms with Crippen molar-refractivity contribution in [3.05, 3.63) is 35.0 Å². The van der Waals surface area contributed by atoms with Gasteiger partial charge in [0.15, 0.2) is 0 Å². The number of likely N-dealkylation sites (tertiary alicyclic amines) is 1. The van der Waals surface area contributed by atoms with Gasteiger partial charge in [0, 0.05) is 47.7 Å². The molecule has 1 atom stereocenters. The number of unbranched alkanes of at least 4 members (excludes halogenated alkanes) is 2. The minimum atomic E-state index is -0.910. The van der Waals surface area contributed by atoms with E-state index in [-0.39, 0.29) is 17.2 Å². The Labute approximate surface area is 263 Å². The predicted molar refractivity (Wildman–Crippen MR) is 182 cm³/mol. The minimum Gasteiger partial charge on any atom is -0.478 e. The lowest BCUT2D eigenvalue weighted by atomic mass is 9.82. The molecule has 244 valence electrons. The number of hydrogen-bond donors (Lipinski definition) is 1. The van der Waals surface area contributed by atoms with Crippen LogP contribution in [0.1, 0.15) is 141 Å². The summed E-state index contributed by atoms with van der Waals surface area (Å²) in [5, 5.41) is 10.9. The fourth-order valence-electron chi connectivity index (χ4n) is 6.47. The molecule has 1 fully saturated rings. The van der Waals surface area contributed by atoms with E-state index in [4.69, 9.17) is 0 Å². The standard InChI is InChI=1S/C33H53N3O3.C4H10/c1-8-12-14-25(31(37)35-20-17-26(18-21-35)34(7)19-10-3)23-36-29-22-24(32(38)39)15-16-27(29)28(13-9-2)30(36)33(5,6)11-4;1-3-4-2/h15-16,22,25-26H,8-14,17-21,23H2,1-7H3,(H,38,39);3-4H2,1-2H3. The van der Waals surface area contributed by atoms with Gasteiger partial charge >= 0.3 is 5.97 Å². The van der Waals surface area contributed by atoms with E-state index in [1.807, 2.05) is 12.1 Å². The second-order valence-electron chi connectivity index (χ2n) is 13.3. The van der Waals surface area contributed by atoms with Gasteiger partial charge < -0.3 is 19.5 Å². The molecule has 0 bridgehead atoms. The van der Waals surface area contributed by atoms with Crippen molar-refractivity contribution in [2.45, 2.75) is 144 Å². The number of nitrogens with zero attached hydrogens (tertiary/aromatic N) is 3. The fourth-order valence-corrected chi connectivity index (χ4v) is 6.47. The zero-order valence-electron chi connectivity index (χ0n) is 29.1. The summed E-state index contributed by atoms with van der Waals surface area (Å²) < 4.78 is 2.34. The molecule has 2 heterocycles. The third-order valence-electron chi connectivity index (χ3n) is 9.58. The van der Waals surface area contributed by atoms with Crippen molar-refractivity contribution in [1.82, 2.24) is 14.4 Å². The molecular formula is C37H63N3O3. The van der Waals surface area contributed by atoms with Crippen LogP contribution in [-0.4, -0.2) is 64.1 Å². The van der Waals surface area contributed by atoms with Crippen LogP contribution in [0.3, 0.4) is 0 Å². The zero-order valence-corrected chi connectivity index (χ0v) is 29.1. The van der Waals surface area contributed by atoms with Crippen LogP contribution in [0.2, 0.25) is 0 Å². The Bertz CT molecular complexity index is 1140. The van der Waals surface area contributed by atoms with Crippen molar-refractivity contribution >= 4 is 22.8 Å². The first-order chi connectivity index (χ1) is 20.5. The molecule has 1 N–H and O–H groups in total. The number of aromatic carboxylic acids is 1. The number of fused-ring (bicyclic) bond motifs is 1. The van der Waals surface area contributed by atoms with Gasteiger partial charge in [-0.2, -0.15) is 0 Å². The second kappa shape index (κ2) is 17.8. The van der Waals surface area contributed by atoms with E-state index in [9.17, 15) is 14.7 Å². The van der Waals surface area contributed by atoms with Crippen LogP contribution in [0.4, 0.5) is 0 Å². The van der Waals surface area contributed by atoms with E-state index < -0.39 is 5.97 Å². The van der Waals surface area contributed by atoms with Gasteiger partial charge in [0.05, 0.1) is 11.5 Å². The number of carboxylic acid groups (broad SMARTS) is 1. The number of amides is 1. The molecule has 2 aromatic rings. The predicted octanol–water partition coefficient (Wildman–Crippen LogP) is 8.93. The summed E-state index contributed by atoms with van der Waals surface area (Å²) in [6, 6.07) is 6.12. The summed E-state index contributed by atoms with van der Waals surface area (Å²) in [4.78, 5) is 30.6. The van der Waals surface area contributed by atoms with Crippen LogP contribution in [0.15, 0.2) is 18.2 Å². The van der Waals surface area contributed by atoms with E-state index in [1.165, 1.54) is 24.1 Å². The highest BCUT2D eigenvalue weighted by Gasteiger charge is 2.33. The molecule has 0 saturated carbocycles. The molecule has 6 heteroatoms. The average Bonchev–Trinajstić information content (AvgIpc) is 3.32. The quantitative estimate of drug-likeness (QED) is 0.223. The lowest BCUT2D eigenvalue weighted by Crippen LogP contribution is -2.48. The van der Waals surface area contributed by atoms with Gasteiger partial charge in [0.25, 0.3) is 0 Å². The van der Waals surface area contributed by atoms with E-state index in [2.05, 4.69) is 76.8 Å². The number of aryl methyl sites for hydroxylation is 1. The topological polar surface area (TPSA) is 65.8 Å². The molecular weight excluding hydrogens is 534 g/mol. The smallest absolute Gasteiger partial charge is 0.335 e. The van der Waals surface area contributed by atoms with Gasteiger partial charge in [-0.15, -0.1) is 0 Å². The maximum Gasteiger partial charge on any atom is 0.335 e. The largest absolute Gasteiger partial charge is 0.478 e. The third-order valence-corrected chi connectivity index (χ3v) is 9.58. The Kier molecular flexibility index (Phi) is 15.3. The van der Waals surface area contributed by atoms with Gasteiger partial charge in [-0.25, -0.2) is 4.79 Å². The van der Waals surface area contributed by atoms with Gasteiger partial charge in [-0.1, -0.05) is 93.6 Å². The first-order valence-corrected chi connectivity index (χ1v) is 17.4. The average molecular weight is 598 g/mol. The Morgan fingerprint density at radius 1 is 0.977 bits per heavy atom. The molecule has 3 rings (SSSR count). The van der Waals surface area contributed by atoms with Crippen molar-refractivity contribution in [3.63, 3.8) is 0 Å². The van der Waals surface area contributed by atoms with Crippen LogP contribution in [0.5, 0.6) is 0 Å². The van der Waals surface area contributed by atoms with Crippen molar-refractivity contribution in [2.24, 2.45) is 5.92 Å². The highest BCUT2D eigenvalue weighted by Crippen LogP contribution is 2.39. The normalized spacial score (nSPS) is 15.1. The van der Waals surface area contributed by atoms with Crippen LogP contribution in [0.25, 0.3) is 10.9 Å². The fraction of sp³-hybridized carbons (Fsp3) is 0.730. The Hall–Kier alpha value is -2.34. The molecule has 43 heavy (non-hydrogen) atoms. The van der Waals surface area contributed by atoms with Crippen LogP contribution >= 0.6 is 0 Å². The Morgan fingerprint density at radius 2 is 1.63 bits per heavy atom. The number of hydrogen-bond acceptors (Lipinski definition) is 3. The number of benzene rings is 1. The molecule has 1 aliphatic rings. The molecule has 6 nitrogen and oxygen atoms in total. The molecule has 1 aromatic carbocycles. The number of carboxylic acids is 1. The third kappa shape index (κ3) is 9.57. The van der Waals surface area contributed by atoms with Gasteiger partial charge in [-0.05, 0) is 69.8 Å². The SMILES string of the molecule is CCCC.CCCCC(Cn1c(C(C)(C)CC)c(CCC)c2ccc(C(=O)O)cc21)C(=O)N1CCC(N(C)CCC)CC1. The maximum absolute atomic E-state index is 14.1. The molecule has 1 saturated heterocycles. The number of piperidine rings is 1. The zero-order chi connectivity index (χ0) is 32.2. The van der Waals surface area contributed by atoms with E-state index in [0.29, 0.717) is 18.2 Å². The second-order valence-corrected chi connectivity index (χ2v) is 13.3. The van der Waals surface area contributed by atoms with Crippen molar-refractivity contribution in [2.75, 3.05) is 26.7 Å². The lowest BCUT2D eigenvalue weighted by Gasteiger charge is -2.38. The first-order valence-electron chi connectivity index (χ1n) is 17.4. The van der Waals surface area contributed by atoms with Crippen LogP contribution in [-0.2, 0) is 23.2 Å². The molecule has 0 aliphatic carbocycles. The van der Waals surface area contributed by atoms with Crippen molar-refractivity contribution in [3.8, 4) is 0 Å². The van der Waals surface area contributed by atoms with E-state index >= 15 is 0 Å². The summed E-state index contributed by atoms with van der Waals surface area (Å²) in [6.45, 7) is 21.1. The van der Waals surface area contributed by atoms with Crippen molar-refractivity contribution < 1.29 is 14.7 Å². The molecule has 0 radical (unpaired) electrons. The van der Waals surface area contributed by atoms with Crippen LogP contribution in [0, 0.1) is 5.92 Å².